The van der Waals surface area contributed by atoms with Crippen molar-refractivity contribution < 1.29 is 9.47 Å². The molecule has 2 aliphatic rings. The van der Waals surface area contributed by atoms with Gasteiger partial charge in [0.25, 0.3) is 0 Å². The topological polar surface area (TPSA) is 34.1 Å². The van der Waals surface area contributed by atoms with E-state index in [2.05, 4.69) is 12.1 Å². The van der Waals surface area contributed by atoms with Gasteiger partial charge in [0, 0.05) is 22.6 Å². The Balaban J connectivity index is 1.56. The smallest absolute Gasteiger partial charge is 0.213 e. The number of hydrogen-bond acceptors (Lipinski definition) is 4. The molecule has 0 radical (unpaired) electrons. The van der Waals surface area contributed by atoms with E-state index in [1.807, 2.05) is 67.4 Å². The Kier molecular flexibility index (Phi) is 5.28. The molecule has 2 heterocycles. The second-order valence-corrected chi connectivity index (χ2v) is 8.87. The lowest BCUT2D eigenvalue weighted by atomic mass is 9.96. The van der Waals surface area contributed by atoms with E-state index in [-0.39, 0.29) is 12.1 Å². The van der Waals surface area contributed by atoms with Gasteiger partial charge in [0.1, 0.15) is 11.5 Å². The molecule has 0 N–H and O–H groups in total. The Morgan fingerprint density at radius 1 is 1.03 bits per heavy atom. The number of benzene rings is 3. The van der Waals surface area contributed by atoms with Crippen molar-refractivity contribution >= 4 is 28.9 Å². The number of ether oxygens (including phenoxy) is 2. The monoisotopic (exact) mass is 452 g/mol. The maximum Gasteiger partial charge on any atom is 0.213 e. The Bertz CT molecular complexity index is 1130. The summed E-state index contributed by atoms with van der Waals surface area (Å²) in [7, 11) is 0. The van der Waals surface area contributed by atoms with Crippen molar-refractivity contribution in [3.05, 3.63) is 93.5 Å². The van der Waals surface area contributed by atoms with Gasteiger partial charge in [0.15, 0.2) is 0 Å². The third-order valence-corrected chi connectivity index (χ3v) is 5.95. The summed E-state index contributed by atoms with van der Waals surface area (Å²) in [6, 6.07) is 21.8. The summed E-state index contributed by atoms with van der Waals surface area (Å²) in [4.78, 5) is 0. The molecule has 0 saturated carbocycles. The minimum absolute atomic E-state index is 0.00764. The Morgan fingerprint density at radius 2 is 1.77 bits per heavy atom. The SMILES string of the molecule is CC(C)Oc1ccc([C@@H]2Oc3c(Cl)cc(Cl)cc3[C@@H]3CC(c4ccccc4)=NN32)cc1. The standard InChI is InChI=1S/C25H22Cl2N2O2/c1-15(2)30-19-10-8-17(9-11-19)25-29-23(14-22(28-29)16-6-4-3-5-7-16)20-12-18(26)13-21(27)24(20)31-25/h3-13,15,23,25H,14H2,1-2H3/t23-,25-/m0/s1. The molecule has 0 spiro atoms. The van der Waals surface area contributed by atoms with Gasteiger partial charge in [0.2, 0.25) is 6.23 Å². The minimum Gasteiger partial charge on any atom is -0.491 e. The molecule has 0 fully saturated rings. The molecule has 0 aliphatic carbocycles. The van der Waals surface area contributed by atoms with E-state index >= 15 is 0 Å². The first kappa shape index (κ1) is 20.2. The summed E-state index contributed by atoms with van der Waals surface area (Å²) >= 11 is 12.9. The number of halogens is 2. The van der Waals surface area contributed by atoms with Crippen molar-refractivity contribution in [2.45, 2.75) is 38.6 Å². The Hall–Kier alpha value is -2.69. The zero-order valence-corrected chi connectivity index (χ0v) is 18.8. The van der Waals surface area contributed by atoms with Crippen LogP contribution in [0.1, 0.15) is 49.2 Å². The molecule has 0 amide bonds. The molecule has 4 nitrogen and oxygen atoms in total. The molecule has 0 unspecified atom stereocenters. The van der Waals surface area contributed by atoms with Crippen LogP contribution in [-0.4, -0.2) is 16.8 Å². The van der Waals surface area contributed by atoms with Gasteiger partial charge in [0.05, 0.1) is 22.9 Å². The first-order chi connectivity index (χ1) is 15.0. The highest BCUT2D eigenvalue weighted by molar-refractivity contribution is 6.35. The van der Waals surface area contributed by atoms with E-state index in [9.17, 15) is 0 Å². The molecule has 31 heavy (non-hydrogen) atoms. The highest BCUT2D eigenvalue weighted by atomic mass is 35.5. The molecule has 2 atom stereocenters. The van der Waals surface area contributed by atoms with Crippen LogP contribution < -0.4 is 9.47 Å². The predicted molar refractivity (Wildman–Crippen MR) is 124 cm³/mol. The van der Waals surface area contributed by atoms with Crippen LogP contribution in [0.3, 0.4) is 0 Å². The van der Waals surface area contributed by atoms with E-state index in [0.717, 1.165) is 34.6 Å². The molecule has 0 bridgehead atoms. The molecule has 3 aromatic rings. The summed E-state index contributed by atoms with van der Waals surface area (Å²) in [5.41, 5.74) is 4.06. The summed E-state index contributed by atoms with van der Waals surface area (Å²) in [6.45, 7) is 4.02. The van der Waals surface area contributed by atoms with Gasteiger partial charge in [-0.25, -0.2) is 5.01 Å². The number of fused-ring (bicyclic) bond motifs is 3. The van der Waals surface area contributed by atoms with Gasteiger partial charge >= 0.3 is 0 Å². The summed E-state index contributed by atoms with van der Waals surface area (Å²) in [5, 5.41) is 8.10. The fourth-order valence-electron chi connectivity index (χ4n) is 4.12. The zero-order chi connectivity index (χ0) is 21.5. The highest BCUT2D eigenvalue weighted by Gasteiger charge is 2.42. The molecule has 2 aliphatic heterocycles. The predicted octanol–water partition coefficient (Wildman–Crippen LogP) is 7.02. The summed E-state index contributed by atoms with van der Waals surface area (Å²) in [6.07, 6.45) is 0.473. The van der Waals surface area contributed by atoms with Crippen molar-refractivity contribution in [3.8, 4) is 11.5 Å². The summed E-state index contributed by atoms with van der Waals surface area (Å²) in [5.74, 6) is 1.50. The van der Waals surface area contributed by atoms with Crippen LogP contribution in [0, 0.1) is 0 Å². The van der Waals surface area contributed by atoms with Gasteiger partial charge in [-0.15, -0.1) is 0 Å². The molecule has 6 heteroatoms. The average molecular weight is 453 g/mol. The van der Waals surface area contributed by atoms with Gasteiger partial charge in [-0.1, -0.05) is 53.5 Å². The quantitative estimate of drug-likeness (QED) is 0.426. The van der Waals surface area contributed by atoms with Crippen molar-refractivity contribution in [2.75, 3.05) is 0 Å². The lowest BCUT2D eigenvalue weighted by Crippen LogP contribution is -2.33. The average Bonchev–Trinajstić information content (AvgIpc) is 3.20. The molecule has 0 saturated heterocycles. The second kappa shape index (κ2) is 8.10. The third kappa shape index (κ3) is 3.86. The fourth-order valence-corrected chi connectivity index (χ4v) is 4.68. The Morgan fingerprint density at radius 3 is 2.48 bits per heavy atom. The molecular formula is C25H22Cl2N2O2. The molecular weight excluding hydrogens is 431 g/mol. The molecule has 0 aromatic heterocycles. The van der Waals surface area contributed by atoms with Crippen LogP contribution in [0.25, 0.3) is 0 Å². The van der Waals surface area contributed by atoms with Crippen molar-refractivity contribution in [1.82, 2.24) is 5.01 Å². The molecule has 5 rings (SSSR count). The molecule has 158 valence electrons. The van der Waals surface area contributed by atoms with Crippen LogP contribution in [0.15, 0.2) is 71.8 Å². The Labute approximate surface area is 192 Å². The van der Waals surface area contributed by atoms with E-state index in [4.69, 9.17) is 37.8 Å². The molecule has 3 aromatic carbocycles. The fraction of sp³-hybridized carbons (Fsp3) is 0.240. The maximum absolute atomic E-state index is 6.54. The van der Waals surface area contributed by atoms with Crippen LogP contribution in [0.5, 0.6) is 11.5 Å². The van der Waals surface area contributed by atoms with Crippen LogP contribution in [0.4, 0.5) is 0 Å². The van der Waals surface area contributed by atoms with E-state index in [1.165, 1.54) is 0 Å². The first-order valence-corrected chi connectivity index (χ1v) is 11.1. The third-order valence-electron chi connectivity index (χ3n) is 5.45. The number of hydrogen-bond donors (Lipinski definition) is 0. The van der Waals surface area contributed by atoms with E-state index < -0.39 is 6.23 Å². The lowest BCUT2D eigenvalue weighted by molar-refractivity contribution is -0.0189. The van der Waals surface area contributed by atoms with Gasteiger partial charge in [-0.3, -0.25) is 0 Å². The number of nitrogens with zero attached hydrogens (tertiary/aromatic N) is 2. The van der Waals surface area contributed by atoms with Crippen LogP contribution >= 0.6 is 23.2 Å². The number of rotatable bonds is 4. The van der Waals surface area contributed by atoms with E-state index in [1.54, 1.807) is 6.07 Å². The lowest BCUT2D eigenvalue weighted by Gasteiger charge is -2.38. The largest absolute Gasteiger partial charge is 0.491 e. The van der Waals surface area contributed by atoms with Gasteiger partial charge < -0.3 is 9.47 Å². The maximum atomic E-state index is 6.54. The normalized spacial score (nSPS) is 19.5. The first-order valence-electron chi connectivity index (χ1n) is 10.3. The zero-order valence-electron chi connectivity index (χ0n) is 17.3. The minimum atomic E-state index is -0.398. The van der Waals surface area contributed by atoms with Gasteiger partial charge in [-0.05, 0) is 55.8 Å². The van der Waals surface area contributed by atoms with Crippen LogP contribution in [0.2, 0.25) is 10.0 Å². The van der Waals surface area contributed by atoms with Crippen molar-refractivity contribution in [3.63, 3.8) is 0 Å². The second-order valence-electron chi connectivity index (χ2n) is 8.02. The van der Waals surface area contributed by atoms with Gasteiger partial charge in [-0.2, -0.15) is 5.10 Å². The van der Waals surface area contributed by atoms with Crippen LogP contribution in [-0.2, 0) is 0 Å². The number of hydrazone groups is 1. The van der Waals surface area contributed by atoms with Crippen molar-refractivity contribution in [2.24, 2.45) is 5.10 Å². The highest BCUT2D eigenvalue weighted by Crippen LogP contribution is 2.50. The van der Waals surface area contributed by atoms with Crippen molar-refractivity contribution in [1.29, 1.82) is 0 Å². The van der Waals surface area contributed by atoms with E-state index in [0.29, 0.717) is 15.8 Å². The summed E-state index contributed by atoms with van der Waals surface area (Å²) < 4.78 is 12.2.